The number of nitrogens with zero attached hydrogens (tertiary/aromatic N) is 2. The van der Waals surface area contributed by atoms with E-state index < -0.39 is 7.37 Å². The van der Waals surface area contributed by atoms with Gasteiger partial charge in [-0.1, -0.05) is 60.7 Å². The molecule has 1 aliphatic rings. The van der Waals surface area contributed by atoms with Crippen molar-refractivity contribution in [3.63, 3.8) is 0 Å². The van der Waals surface area contributed by atoms with Crippen molar-refractivity contribution in [1.29, 1.82) is 0 Å². The van der Waals surface area contributed by atoms with Crippen molar-refractivity contribution in [2.75, 3.05) is 11.6 Å². The van der Waals surface area contributed by atoms with E-state index in [9.17, 15) is 4.57 Å². The lowest BCUT2D eigenvalue weighted by atomic mass is 10.2. The van der Waals surface area contributed by atoms with Gasteiger partial charge in [0.25, 0.3) is 7.37 Å². The molecule has 0 fully saturated rings. The van der Waals surface area contributed by atoms with Crippen molar-refractivity contribution >= 4 is 29.5 Å². The van der Waals surface area contributed by atoms with Gasteiger partial charge >= 0.3 is 0 Å². The van der Waals surface area contributed by atoms with Gasteiger partial charge in [-0.05, 0) is 31.2 Å². The van der Waals surface area contributed by atoms with Crippen LogP contribution in [0.5, 0.6) is 0 Å². The smallest absolute Gasteiger partial charge is 0.283 e. The van der Waals surface area contributed by atoms with Crippen LogP contribution >= 0.6 is 7.37 Å². The molecule has 4 rings (SSSR count). The molecular weight excluding hydrogens is 343 g/mol. The van der Waals surface area contributed by atoms with Crippen LogP contribution in [-0.2, 0) is 9.09 Å². The van der Waals surface area contributed by atoms with Crippen molar-refractivity contribution in [1.82, 2.24) is 0 Å². The molecule has 1 aliphatic heterocycles. The third-order valence-corrected chi connectivity index (χ3v) is 6.78. The van der Waals surface area contributed by atoms with E-state index in [0.717, 1.165) is 16.9 Å². The quantitative estimate of drug-likeness (QED) is 0.604. The molecule has 1 atom stereocenters. The van der Waals surface area contributed by atoms with E-state index >= 15 is 0 Å². The highest BCUT2D eigenvalue weighted by Crippen LogP contribution is 2.55. The first-order valence-electron chi connectivity index (χ1n) is 8.58. The van der Waals surface area contributed by atoms with Gasteiger partial charge in [-0.25, -0.2) is 5.01 Å². The molecule has 4 nitrogen and oxygen atoms in total. The lowest BCUT2D eigenvalue weighted by molar-refractivity contribution is 0.349. The van der Waals surface area contributed by atoms with Crippen molar-refractivity contribution in [3.05, 3.63) is 90.5 Å². The summed E-state index contributed by atoms with van der Waals surface area (Å²) < 4.78 is 19.8. The molecule has 0 N–H and O–H groups in total. The summed E-state index contributed by atoms with van der Waals surface area (Å²) in [6, 6.07) is 27.1. The predicted molar refractivity (Wildman–Crippen MR) is 107 cm³/mol. The van der Waals surface area contributed by atoms with Crippen molar-refractivity contribution in [2.24, 2.45) is 5.10 Å². The monoisotopic (exact) mass is 362 g/mol. The van der Waals surface area contributed by atoms with Crippen LogP contribution in [0.2, 0.25) is 0 Å². The topological polar surface area (TPSA) is 41.9 Å². The standard InChI is InChI=1S/C21H19N2O2P/c1-2-25-26(24)20-16-10-9-15-19(20)23(18-13-7-4-8-14-18)22-21(26)17-11-5-3-6-12-17/h3-16H,2H2,1H3/t26-/m0/s1. The highest BCUT2D eigenvalue weighted by Gasteiger charge is 2.41. The molecule has 0 aliphatic carbocycles. The summed E-state index contributed by atoms with van der Waals surface area (Å²) >= 11 is 0. The lowest BCUT2D eigenvalue weighted by Crippen LogP contribution is -2.30. The molecule has 0 aromatic heterocycles. The minimum atomic E-state index is -3.28. The maximum absolute atomic E-state index is 14.0. The minimum Gasteiger partial charge on any atom is -0.321 e. The molecule has 0 saturated heterocycles. The summed E-state index contributed by atoms with van der Waals surface area (Å²) in [5, 5.41) is 7.32. The molecule has 26 heavy (non-hydrogen) atoms. The van der Waals surface area contributed by atoms with Gasteiger partial charge in [-0.3, -0.25) is 4.57 Å². The van der Waals surface area contributed by atoms with Gasteiger partial charge in [0, 0.05) is 5.56 Å². The zero-order valence-electron chi connectivity index (χ0n) is 14.4. The molecule has 0 unspecified atom stereocenters. The molecule has 1 heterocycles. The van der Waals surface area contributed by atoms with Gasteiger partial charge in [0.15, 0.2) is 5.45 Å². The fourth-order valence-electron chi connectivity index (χ4n) is 3.11. The Hall–Kier alpha value is -2.68. The molecule has 3 aromatic rings. The number of rotatable bonds is 4. The lowest BCUT2D eigenvalue weighted by Gasteiger charge is -2.32. The number of hydrazone groups is 1. The summed E-state index contributed by atoms with van der Waals surface area (Å²) in [5.74, 6) is 0. The fourth-order valence-corrected chi connectivity index (χ4v) is 5.41. The highest BCUT2D eigenvalue weighted by molar-refractivity contribution is 7.84. The fraction of sp³-hybridized carbons (Fsp3) is 0.0952. The van der Waals surface area contributed by atoms with Gasteiger partial charge < -0.3 is 4.52 Å². The Morgan fingerprint density at radius 2 is 1.50 bits per heavy atom. The molecule has 0 radical (unpaired) electrons. The molecule has 130 valence electrons. The molecule has 0 amide bonds. The first kappa shape index (κ1) is 16.8. The van der Waals surface area contributed by atoms with Crippen LogP contribution in [0.25, 0.3) is 0 Å². The zero-order chi connectivity index (χ0) is 18.0. The van der Waals surface area contributed by atoms with E-state index in [4.69, 9.17) is 9.63 Å². The molecule has 3 aromatic carbocycles. The van der Waals surface area contributed by atoms with Crippen LogP contribution in [0.15, 0.2) is 90.0 Å². The van der Waals surface area contributed by atoms with E-state index in [1.165, 1.54) is 0 Å². The van der Waals surface area contributed by atoms with Crippen LogP contribution < -0.4 is 10.3 Å². The second kappa shape index (κ2) is 6.91. The third kappa shape index (κ3) is 2.78. The van der Waals surface area contributed by atoms with Crippen LogP contribution in [0, 0.1) is 0 Å². The van der Waals surface area contributed by atoms with Gasteiger partial charge in [-0.2, -0.15) is 5.10 Å². The average molecular weight is 362 g/mol. The largest absolute Gasteiger partial charge is 0.321 e. The summed E-state index contributed by atoms with van der Waals surface area (Å²) in [6.07, 6.45) is 0. The normalized spacial score (nSPS) is 19.0. The number of fused-ring (bicyclic) bond motifs is 1. The molecule has 0 saturated carbocycles. The van der Waals surface area contributed by atoms with Crippen LogP contribution in [-0.4, -0.2) is 12.1 Å². The van der Waals surface area contributed by atoms with Crippen LogP contribution in [0.3, 0.4) is 0 Å². The Bertz CT molecular complexity index is 987. The Labute approximate surface area is 153 Å². The van der Waals surface area contributed by atoms with Crippen LogP contribution in [0.4, 0.5) is 11.4 Å². The number of para-hydroxylation sites is 2. The Morgan fingerprint density at radius 1 is 0.885 bits per heavy atom. The number of hydrogen-bond acceptors (Lipinski definition) is 4. The summed E-state index contributed by atoms with van der Waals surface area (Å²) in [7, 11) is -3.28. The Kier molecular flexibility index (Phi) is 4.46. The predicted octanol–water partition coefficient (Wildman–Crippen LogP) is 5.14. The molecule has 5 heteroatoms. The highest BCUT2D eigenvalue weighted by atomic mass is 31.2. The molecule has 0 spiro atoms. The van der Waals surface area contributed by atoms with Crippen molar-refractivity contribution < 1.29 is 9.09 Å². The second-order valence-electron chi connectivity index (χ2n) is 5.89. The van der Waals surface area contributed by atoms with E-state index in [1.54, 1.807) is 0 Å². The van der Waals surface area contributed by atoms with E-state index in [1.807, 2.05) is 96.9 Å². The van der Waals surface area contributed by atoms with E-state index in [2.05, 4.69) is 0 Å². The SMILES string of the molecule is CCO[P@]1(=O)C(c2ccccc2)=NN(c2ccccc2)c2ccccc21. The Morgan fingerprint density at radius 3 is 2.19 bits per heavy atom. The van der Waals surface area contributed by atoms with E-state index in [-0.39, 0.29) is 0 Å². The maximum atomic E-state index is 14.0. The van der Waals surface area contributed by atoms with Crippen molar-refractivity contribution in [3.8, 4) is 0 Å². The maximum Gasteiger partial charge on any atom is 0.283 e. The number of anilines is 2. The molecular formula is C21H19N2O2P. The first-order chi connectivity index (χ1) is 12.7. The molecule has 0 bridgehead atoms. The van der Waals surface area contributed by atoms with Gasteiger partial charge in [0.05, 0.1) is 23.3 Å². The summed E-state index contributed by atoms with van der Waals surface area (Å²) in [5.41, 5.74) is 2.98. The van der Waals surface area contributed by atoms with Crippen LogP contribution in [0.1, 0.15) is 12.5 Å². The van der Waals surface area contributed by atoms with Crippen molar-refractivity contribution in [2.45, 2.75) is 6.92 Å². The summed E-state index contributed by atoms with van der Waals surface area (Å²) in [6.45, 7) is 2.21. The minimum absolute atomic E-state index is 0.350. The second-order valence-corrected chi connectivity index (χ2v) is 8.16. The third-order valence-electron chi connectivity index (χ3n) is 4.24. The van der Waals surface area contributed by atoms with Gasteiger partial charge in [0.1, 0.15) is 0 Å². The zero-order valence-corrected chi connectivity index (χ0v) is 15.3. The van der Waals surface area contributed by atoms with Gasteiger partial charge in [-0.15, -0.1) is 0 Å². The van der Waals surface area contributed by atoms with Gasteiger partial charge in [0.2, 0.25) is 0 Å². The van der Waals surface area contributed by atoms with E-state index in [0.29, 0.717) is 17.4 Å². The average Bonchev–Trinajstić information content (AvgIpc) is 2.70. The number of hydrogen-bond donors (Lipinski definition) is 0. The first-order valence-corrected chi connectivity index (χ1v) is 10.2. The number of benzene rings is 3. The summed E-state index contributed by atoms with van der Waals surface area (Å²) in [4.78, 5) is 0. The Balaban J connectivity index is 1.99.